The van der Waals surface area contributed by atoms with Crippen LogP contribution in [0, 0.1) is 0 Å². The van der Waals surface area contributed by atoms with Crippen LogP contribution in [0.1, 0.15) is 71.8 Å². The third-order valence-corrected chi connectivity index (χ3v) is 4.74. The third-order valence-electron chi connectivity index (χ3n) is 4.45. The van der Waals surface area contributed by atoms with Crippen molar-refractivity contribution < 1.29 is 44.2 Å². The molecule has 1 atom stereocenters. The standard InChI is InChI=1S/C19H29ClO3.Na/c1-5-7-8-9-10-17(18(21)22)23-16-12-11-14(13-15(16)20)19(3,4)6-2;/h11-13,17H,5-10H2,1-4H3,(H,21,22);/q;+1/p-1. The Morgan fingerprint density at radius 2 is 1.92 bits per heavy atom. The zero-order valence-corrected chi connectivity index (χ0v) is 18.4. The Labute approximate surface area is 173 Å². The van der Waals surface area contributed by atoms with Crippen molar-refractivity contribution >= 4 is 17.6 Å². The molecule has 0 spiro atoms. The molecule has 0 aliphatic rings. The molecule has 0 N–H and O–H groups in total. The number of benzene rings is 1. The van der Waals surface area contributed by atoms with Gasteiger partial charge in [0.15, 0.2) is 0 Å². The first kappa shape index (κ1) is 23.8. The minimum absolute atomic E-state index is 0. The number of ether oxygens (including phenoxy) is 1. The molecule has 0 aliphatic heterocycles. The summed E-state index contributed by atoms with van der Waals surface area (Å²) < 4.78 is 5.59. The zero-order valence-electron chi connectivity index (χ0n) is 15.7. The molecule has 0 radical (unpaired) electrons. The number of carboxylic acids is 1. The summed E-state index contributed by atoms with van der Waals surface area (Å²) in [6.07, 6.45) is 4.50. The van der Waals surface area contributed by atoms with Crippen LogP contribution in [-0.4, -0.2) is 12.1 Å². The fraction of sp³-hybridized carbons (Fsp3) is 0.632. The second-order valence-electron chi connectivity index (χ2n) is 6.66. The predicted molar refractivity (Wildman–Crippen MR) is 93.0 cm³/mol. The van der Waals surface area contributed by atoms with Gasteiger partial charge in [0.05, 0.1) is 11.0 Å². The van der Waals surface area contributed by atoms with E-state index in [1.54, 1.807) is 6.07 Å². The smallest absolute Gasteiger partial charge is 0.546 e. The van der Waals surface area contributed by atoms with Crippen LogP contribution in [0.15, 0.2) is 18.2 Å². The number of hydrogen-bond donors (Lipinski definition) is 0. The van der Waals surface area contributed by atoms with E-state index in [0.29, 0.717) is 17.2 Å². The molecule has 130 valence electrons. The molecule has 0 heterocycles. The van der Waals surface area contributed by atoms with E-state index in [9.17, 15) is 9.90 Å². The number of halogens is 1. The summed E-state index contributed by atoms with van der Waals surface area (Å²) in [5, 5.41) is 11.7. The van der Waals surface area contributed by atoms with Crippen LogP contribution >= 0.6 is 11.6 Å². The molecule has 24 heavy (non-hydrogen) atoms. The van der Waals surface area contributed by atoms with Crippen LogP contribution in [0.3, 0.4) is 0 Å². The van der Waals surface area contributed by atoms with Gasteiger partial charge in [0.2, 0.25) is 0 Å². The third kappa shape index (κ3) is 7.35. The number of carbonyl (C=O) groups is 1. The first-order chi connectivity index (χ1) is 10.8. The minimum Gasteiger partial charge on any atom is -0.546 e. The summed E-state index contributed by atoms with van der Waals surface area (Å²) in [5.41, 5.74) is 1.14. The van der Waals surface area contributed by atoms with Gasteiger partial charge < -0.3 is 14.6 Å². The molecule has 0 aliphatic carbocycles. The van der Waals surface area contributed by atoms with Crippen molar-refractivity contribution in [3.8, 4) is 5.75 Å². The molecule has 0 aromatic heterocycles. The van der Waals surface area contributed by atoms with E-state index in [-0.39, 0.29) is 35.0 Å². The molecule has 0 fully saturated rings. The summed E-state index contributed by atoms with van der Waals surface area (Å²) in [7, 11) is 0. The van der Waals surface area contributed by atoms with Gasteiger partial charge in [-0.15, -0.1) is 0 Å². The SMILES string of the molecule is CCCCCCC(Oc1ccc(C(C)(C)CC)cc1Cl)C(=O)[O-].[Na+]. The molecule has 0 saturated heterocycles. The average Bonchev–Trinajstić information content (AvgIpc) is 2.51. The quantitative estimate of drug-likeness (QED) is 0.468. The van der Waals surface area contributed by atoms with Gasteiger partial charge in [-0.1, -0.05) is 64.6 Å². The Kier molecular flexibility index (Phi) is 11.3. The van der Waals surface area contributed by atoms with Gasteiger partial charge in [-0.2, -0.15) is 0 Å². The molecule has 1 unspecified atom stereocenters. The van der Waals surface area contributed by atoms with E-state index >= 15 is 0 Å². The first-order valence-electron chi connectivity index (χ1n) is 8.49. The summed E-state index contributed by atoms with van der Waals surface area (Å²) in [6.45, 7) is 8.54. The summed E-state index contributed by atoms with van der Waals surface area (Å²) in [6, 6.07) is 5.58. The minimum atomic E-state index is -1.18. The van der Waals surface area contributed by atoms with E-state index < -0.39 is 12.1 Å². The van der Waals surface area contributed by atoms with Crippen LogP contribution < -0.4 is 39.4 Å². The molecular formula is C19H28ClNaO3. The Bertz CT molecular complexity index is 517. The number of carboxylic acid groups (broad SMARTS) is 1. The van der Waals surface area contributed by atoms with E-state index in [0.717, 1.165) is 37.7 Å². The molecule has 1 rings (SSSR count). The van der Waals surface area contributed by atoms with Gasteiger partial charge in [0.1, 0.15) is 11.9 Å². The van der Waals surface area contributed by atoms with Crippen LogP contribution in [-0.2, 0) is 10.2 Å². The maximum atomic E-state index is 11.3. The Morgan fingerprint density at radius 3 is 2.42 bits per heavy atom. The topological polar surface area (TPSA) is 49.4 Å². The van der Waals surface area contributed by atoms with E-state index in [1.807, 2.05) is 12.1 Å². The fourth-order valence-corrected chi connectivity index (χ4v) is 2.58. The van der Waals surface area contributed by atoms with Crippen LogP contribution in [0.2, 0.25) is 5.02 Å². The van der Waals surface area contributed by atoms with Crippen LogP contribution in [0.25, 0.3) is 0 Å². The number of carbonyl (C=O) groups excluding carboxylic acids is 1. The van der Waals surface area contributed by atoms with Crippen molar-refractivity contribution in [2.24, 2.45) is 0 Å². The molecule has 0 amide bonds. The van der Waals surface area contributed by atoms with Gasteiger partial charge in [-0.3, -0.25) is 0 Å². The van der Waals surface area contributed by atoms with Crippen molar-refractivity contribution in [2.75, 3.05) is 0 Å². The van der Waals surface area contributed by atoms with E-state index in [4.69, 9.17) is 16.3 Å². The summed E-state index contributed by atoms with van der Waals surface area (Å²) >= 11 is 6.29. The van der Waals surface area contributed by atoms with Crippen molar-refractivity contribution in [1.29, 1.82) is 0 Å². The fourth-order valence-electron chi connectivity index (χ4n) is 2.36. The maximum Gasteiger partial charge on any atom is 1.00 e. The van der Waals surface area contributed by atoms with Crippen molar-refractivity contribution in [3.63, 3.8) is 0 Å². The normalized spacial score (nSPS) is 12.4. The molecule has 0 bridgehead atoms. The van der Waals surface area contributed by atoms with Crippen LogP contribution in [0.5, 0.6) is 5.75 Å². The van der Waals surface area contributed by atoms with Gasteiger partial charge in [-0.25, -0.2) is 0 Å². The molecule has 1 aromatic rings. The van der Waals surface area contributed by atoms with Gasteiger partial charge >= 0.3 is 29.6 Å². The van der Waals surface area contributed by atoms with Gasteiger partial charge in [0.25, 0.3) is 0 Å². The van der Waals surface area contributed by atoms with E-state index in [1.165, 1.54) is 0 Å². The molecular weight excluding hydrogens is 335 g/mol. The van der Waals surface area contributed by atoms with Crippen molar-refractivity contribution in [2.45, 2.75) is 77.7 Å². The summed E-state index contributed by atoms with van der Waals surface area (Å²) in [5.74, 6) is -0.775. The van der Waals surface area contributed by atoms with E-state index in [2.05, 4.69) is 27.7 Å². The number of unbranched alkanes of at least 4 members (excludes halogenated alkanes) is 3. The first-order valence-corrected chi connectivity index (χ1v) is 8.87. The number of hydrogen-bond acceptors (Lipinski definition) is 3. The average molecular weight is 363 g/mol. The Balaban J connectivity index is 0.00000529. The van der Waals surface area contributed by atoms with Gasteiger partial charge in [-0.05, 0) is 42.4 Å². The Hall–Kier alpha value is -0.220. The Morgan fingerprint density at radius 1 is 1.25 bits per heavy atom. The van der Waals surface area contributed by atoms with Crippen molar-refractivity contribution in [3.05, 3.63) is 28.8 Å². The second kappa shape index (κ2) is 11.4. The molecule has 3 nitrogen and oxygen atoms in total. The largest absolute Gasteiger partial charge is 1.00 e. The van der Waals surface area contributed by atoms with Gasteiger partial charge in [0, 0.05) is 0 Å². The summed E-state index contributed by atoms with van der Waals surface area (Å²) in [4.78, 5) is 11.3. The van der Waals surface area contributed by atoms with Crippen molar-refractivity contribution in [1.82, 2.24) is 0 Å². The predicted octanol–water partition coefficient (Wildman–Crippen LogP) is 1.50. The monoisotopic (exact) mass is 362 g/mol. The second-order valence-corrected chi connectivity index (χ2v) is 7.06. The molecule has 5 heteroatoms. The van der Waals surface area contributed by atoms with Crippen LogP contribution in [0.4, 0.5) is 0 Å². The number of aliphatic carboxylic acids is 1. The zero-order chi connectivity index (χ0) is 17.5. The number of rotatable bonds is 10. The molecule has 1 aromatic carbocycles. The molecule has 0 saturated carbocycles. The maximum absolute atomic E-state index is 11.3.